The van der Waals surface area contributed by atoms with E-state index in [1.165, 1.54) is 24.3 Å². The van der Waals surface area contributed by atoms with E-state index in [1.54, 1.807) is 0 Å². The minimum atomic E-state index is -3.75. The van der Waals surface area contributed by atoms with Gasteiger partial charge in [0.1, 0.15) is 0 Å². The van der Waals surface area contributed by atoms with Crippen LogP contribution in [0.5, 0.6) is 0 Å². The third kappa shape index (κ3) is 3.67. The Morgan fingerprint density at radius 2 is 2.00 bits per heavy atom. The first-order valence-corrected chi connectivity index (χ1v) is 10.3. The molecular formula is C14H19NO5S2. The van der Waals surface area contributed by atoms with Crippen LogP contribution in [-0.4, -0.2) is 45.5 Å². The van der Waals surface area contributed by atoms with E-state index in [0.717, 1.165) is 0 Å². The largest absolute Gasteiger partial charge is 0.350 e. The highest BCUT2D eigenvalue weighted by atomic mass is 32.2. The first kappa shape index (κ1) is 17.0. The van der Waals surface area contributed by atoms with Crippen molar-refractivity contribution >= 4 is 25.6 Å². The lowest BCUT2D eigenvalue weighted by Crippen LogP contribution is -2.30. The number of nitrogens with one attached hydrogen (secondary N) is 1. The molecular weight excluding hydrogens is 326 g/mol. The topological polar surface area (TPSA) is 97.4 Å². The molecule has 2 rings (SSSR count). The van der Waals surface area contributed by atoms with E-state index in [-0.39, 0.29) is 40.3 Å². The molecule has 0 saturated carbocycles. The average molecular weight is 345 g/mol. The zero-order valence-electron chi connectivity index (χ0n) is 12.4. The van der Waals surface area contributed by atoms with Crippen LogP contribution in [0.15, 0.2) is 29.2 Å². The molecule has 22 heavy (non-hydrogen) atoms. The number of rotatable bonds is 4. The van der Waals surface area contributed by atoms with Crippen molar-refractivity contribution in [3.8, 4) is 0 Å². The Bertz CT molecular complexity index is 781. The van der Waals surface area contributed by atoms with Crippen LogP contribution in [0.3, 0.4) is 0 Å². The first-order valence-electron chi connectivity index (χ1n) is 6.97. The third-order valence-electron chi connectivity index (χ3n) is 3.47. The van der Waals surface area contributed by atoms with Crippen molar-refractivity contribution in [2.45, 2.75) is 36.5 Å². The SMILES string of the molecule is CC(C)NC(=O)c1cccc(S(=O)(=O)[C@@H]2CCS(=O)(=O)C2)c1. The van der Waals surface area contributed by atoms with Crippen molar-refractivity contribution in [3.05, 3.63) is 29.8 Å². The summed E-state index contributed by atoms with van der Waals surface area (Å²) in [5.41, 5.74) is 0.246. The molecule has 1 aliphatic rings. The predicted molar refractivity (Wildman–Crippen MR) is 83.3 cm³/mol. The smallest absolute Gasteiger partial charge is 0.251 e. The van der Waals surface area contributed by atoms with E-state index >= 15 is 0 Å². The molecule has 1 atom stereocenters. The van der Waals surface area contributed by atoms with Crippen molar-refractivity contribution in [1.82, 2.24) is 5.32 Å². The molecule has 0 spiro atoms. The summed E-state index contributed by atoms with van der Waals surface area (Å²) in [6, 6.07) is 5.66. The van der Waals surface area contributed by atoms with Crippen molar-refractivity contribution in [2.24, 2.45) is 0 Å². The lowest BCUT2D eigenvalue weighted by Gasteiger charge is -2.12. The van der Waals surface area contributed by atoms with Gasteiger partial charge in [-0.3, -0.25) is 4.79 Å². The van der Waals surface area contributed by atoms with Crippen LogP contribution >= 0.6 is 0 Å². The van der Waals surface area contributed by atoms with Gasteiger partial charge in [-0.1, -0.05) is 6.07 Å². The highest BCUT2D eigenvalue weighted by Gasteiger charge is 2.38. The molecule has 0 aromatic heterocycles. The van der Waals surface area contributed by atoms with Gasteiger partial charge in [-0.05, 0) is 38.5 Å². The van der Waals surface area contributed by atoms with Gasteiger partial charge in [-0.2, -0.15) is 0 Å². The average Bonchev–Trinajstić information content (AvgIpc) is 2.79. The second-order valence-corrected chi connectivity index (χ2v) is 10.2. The van der Waals surface area contributed by atoms with Gasteiger partial charge in [-0.25, -0.2) is 16.8 Å². The summed E-state index contributed by atoms with van der Waals surface area (Å²) in [5, 5.41) is 1.76. The summed E-state index contributed by atoms with van der Waals surface area (Å²) in [4.78, 5) is 11.9. The summed E-state index contributed by atoms with van der Waals surface area (Å²) in [5.74, 6) is -0.812. The maximum Gasteiger partial charge on any atom is 0.251 e. The number of sulfone groups is 2. The van der Waals surface area contributed by atoms with Crippen LogP contribution in [0, 0.1) is 0 Å². The predicted octanol–water partition coefficient (Wildman–Crippen LogP) is 0.786. The number of carbonyl (C=O) groups excluding carboxylic acids is 1. The molecule has 0 aliphatic carbocycles. The molecule has 0 bridgehead atoms. The quantitative estimate of drug-likeness (QED) is 0.870. The molecule has 1 N–H and O–H groups in total. The second-order valence-electron chi connectivity index (χ2n) is 5.73. The monoisotopic (exact) mass is 345 g/mol. The number of carbonyl (C=O) groups is 1. The van der Waals surface area contributed by atoms with E-state index in [1.807, 2.05) is 13.8 Å². The molecule has 6 nitrogen and oxygen atoms in total. The number of benzene rings is 1. The van der Waals surface area contributed by atoms with Crippen molar-refractivity contribution in [3.63, 3.8) is 0 Å². The van der Waals surface area contributed by atoms with Gasteiger partial charge in [0.2, 0.25) is 0 Å². The van der Waals surface area contributed by atoms with Crippen LogP contribution in [0.4, 0.5) is 0 Å². The van der Waals surface area contributed by atoms with E-state index in [2.05, 4.69) is 5.32 Å². The Labute approximate surface area is 130 Å². The molecule has 122 valence electrons. The highest BCUT2D eigenvalue weighted by molar-refractivity contribution is 7.96. The summed E-state index contributed by atoms with van der Waals surface area (Å²) in [7, 11) is -7.04. The maximum absolute atomic E-state index is 12.5. The van der Waals surface area contributed by atoms with Crippen LogP contribution < -0.4 is 5.32 Å². The summed E-state index contributed by atoms with van der Waals surface area (Å²) >= 11 is 0. The molecule has 0 unspecified atom stereocenters. The number of hydrogen-bond acceptors (Lipinski definition) is 5. The fourth-order valence-electron chi connectivity index (χ4n) is 2.36. The summed E-state index contributed by atoms with van der Waals surface area (Å²) < 4.78 is 48.0. The molecule has 1 saturated heterocycles. The molecule has 1 amide bonds. The lowest BCUT2D eigenvalue weighted by atomic mass is 10.2. The lowest BCUT2D eigenvalue weighted by molar-refractivity contribution is 0.0943. The van der Waals surface area contributed by atoms with Crippen LogP contribution in [0.2, 0.25) is 0 Å². The maximum atomic E-state index is 12.5. The fourth-order valence-corrected chi connectivity index (χ4v) is 6.76. The normalized spacial score (nSPS) is 21.0. The van der Waals surface area contributed by atoms with E-state index in [0.29, 0.717) is 0 Å². The van der Waals surface area contributed by atoms with E-state index < -0.39 is 24.9 Å². The van der Waals surface area contributed by atoms with Crippen molar-refractivity contribution in [1.29, 1.82) is 0 Å². The third-order valence-corrected chi connectivity index (χ3v) is 7.64. The molecule has 0 radical (unpaired) electrons. The molecule has 1 heterocycles. The van der Waals surface area contributed by atoms with Gasteiger partial charge < -0.3 is 5.32 Å². The molecule has 1 aromatic carbocycles. The zero-order chi connectivity index (χ0) is 16.5. The summed E-state index contributed by atoms with van der Waals surface area (Å²) in [6.07, 6.45) is 0.104. The van der Waals surface area contributed by atoms with Gasteiger partial charge in [0.15, 0.2) is 19.7 Å². The molecule has 1 aromatic rings. The van der Waals surface area contributed by atoms with Crippen LogP contribution in [0.1, 0.15) is 30.6 Å². The van der Waals surface area contributed by atoms with Gasteiger partial charge in [0.25, 0.3) is 5.91 Å². The van der Waals surface area contributed by atoms with Gasteiger partial charge in [0.05, 0.1) is 21.7 Å². The van der Waals surface area contributed by atoms with Crippen molar-refractivity contribution < 1.29 is 21.6 Å². The van der Waals surface area contributed by atoms with Gasteiger partial charge in [0, 0.05) is 11.6 Å². The highest BCUT2D eigenvalue weighted by Crippen LogP contribution is 2.25. The van der Waals surface area contributed by atoms with Gasteiger partial charge in [-0.15, -0.1) is 0 Å². The Hall–Kier alpha value is -1.41. The Kier molecular flexibility index (Phi) is 4.62. The van der Waals surface area contributed by atoms with Crippen LogP contribution in [0.25, 0.3) is 0 Å². The summed E-state index contributed by atoms with van der Waals surface area (Å²) in [6.45, 7) is 3.61. The minimum Gasteiger partial charge on any atom is -0.350 e. The second kappa shape index (κ2) is 6.00. The fraction of sp³-hybridized carbons (Fsp3) is 0.500. The molecule has 8 heteroatoms. The number of amides is 1. The minimum absolute atomic E-state index is 0.00833. The van der Waals surface area contributed by atoms with E-state index in [9.17, 15) is 21.6 Å². The van der Waals surface area contributed by atoms with Crippen molar-refractivity contribution in [2.75, 3.05) is 11.5 Å². The standard InChI is InChI=1S/C14H19NO5S2/c1-10(2)15-14(16)11-4-3-5-12(8-11)22(19,20)13-6-7-21(17,18)9-13/h3-5,8,10,13H,6-7,9H2,1-2H3,(H,15,16)/t13-/m1/s1. The van der Waals surface area contributed by atoms with Gasteiger partial charge >= 0.3 is 0 Å². The Morgan fingerprint density at radius 1 is 1.32 bits per heavy atom. The zero-order valence-corrected chi connectivity index (χ0v) is 14.1. The Balaban J connectivity index is 2.31. The van der Waals surface area contributed by atoms with E-state index in [4.69, 9.17) is 0 Å². The Morgan fingerprint density at radius 3 is 2.55 bits per heavy atom. The molecule has 1 fully saturated rings. The number of hydrogen-bond donors (Lipinski definition) is 1. The van der Waals surface area contributed by atoms with Crippen LogP contribution in [-0.2, 0) is 19.7 Å². The first-order chi connectivity index (χ1) is 10.1. The molecule has 1 aliphatic heterocycles.